The molecule has 2 aliphatic rings. The van der Waals surface area contributed by atoms with Crippen LogP contribution in [-0.4, -0.2) is 52.2 Å². The van der Waals surface area contributed by atoms with Gasteiger partial charge in [0.25, 0.3) is 17.3 Å². The molecule has 2 heterocycles. The number of hydrogen-bond donors (Lipinski definition) is 0. The minimum Gasteiger partial charge on any atom is -0.497 e. The summed E-state index contributed by atoms with van der Waals surface area (Å²) in [6, 6.07) is 7.01. The van der Waals surface area contributed by atoms with Gasteiger partial charge in [0.1, 0.15) is 22.7 Å². The number of ketones is 1. The van der Waals surface area contributed by atoms with Crippen LogP contribution in [0.3, 0.4) is 0 Å². The number of nitro benzene ring substituents is 2. The van der Waals surface area contributed by atoms with Crippen LogP contribution < -0.4 is 9.47 Å². The molecule has 166 valence electrons. The minimum atomic E-state index is -0.920. The fourth-order valence-electron chi connectivity index (χ4n) is 4.22. The van der Waals surface area contributed by atoms with Crippen molar-refractivity contribution in [2.45, 2.75) is 25.4 Å². The van der Waals surface area contributed by atoms with E-state index in [1.54, 1.807) is 18.2 Å². The fraction of sp³-hybridized carbons (Fsp3) is 0.333. The molecule has 1 saturated heterocycles. The Balaban J connectivity index is 1.61. The van der Waals surface area contributed by atoms with Crippen LogP contribution in [-0.2, 0) is 0 Å². The fourth-order valence-corrected chi connectivity index (χ4v) is 4.22. The Morgan fingerprint density at radius 2 is 1.81 bits per heavy atom. The second kappa shape index (κ2) is 7.59. The number of amides is 1. The van der Waals surface area contributed by atoms with E-state index >= 15 is 0 Å². The number of methoxy groups -OCH3 is 1. The maximum atomic E-state index is 13.1. The molecule has 1 fully saturated rings. The molecular formula is C21H19N3O8. The number of Topliss-reactive ketones (excluding diaryl/α,β-unsaturated/α-hetero) is 1. The number of fused-ring (bicyclic) bond motifs is 1. The van der Waals surface area contributed by atoms with Crippen molar-refractivity contribution in [3.05, 3.63) is 67.3 Å². The van der Waals surface area contributed by atoms with Crippen molar-refractivity contribution >= 4 is 23.1 Å². The van der Waals surface area contributed by atoms with Gasteiger partial charge in [-0.2, -0.15) is 0 Å². The van der Waals surface area contributed by atoms with Crippen molar-refractivity contribution in [3.8, 4) is 11.5 Å². The number of carbonyl (C=O) groups excluding carboxylic acids is 2. The third-order valence-electron chi connectivity index (χ3n) is 5.89. The topological polar surface area (TPSA) is 142 Å². The lowest BCUT2D eigenvalue weighted by Crippen LogP contribution is -2.45. The Hall–Kier alpha value is -4.02. The first-order valence-electron chi connectivity index (χ1n) is 9.77. The average Bonchev–Trinajstić information content (AvgIpc) is 3.15. The van der Waals surface area contributed by atoms with Crippen molar-refractivity contribution in [2.24, 2.45) is 0 Å². The van der Waals surface area contributed by atoms with Crippen molar-refractivity contribution in [1.82, 2.24) is 4.90 Å². The lowest BCUT2D eigenvalue weighted by Gasteiger charge is -2.34. The third-order valence-corrected chi connectivity index (χ3v) is 5.89. The summed E-state index contributed by atoms with van der Waals surface area (Å²) in [5, 5.41) is 22.7. The zero-order valence-corrected chi connectivity index (χ0v) is 17.3. The van der Waals surface area contributed by atoms with Gasteiger partial charge in [-0.3, -0.25) is 29.8 Å². The van der Waals surface area contributed by atoms with Crippen LogP contribution in [0.5, 0.6) is 11.5 Å². The summed E-state index contributed by atoms with van der Waals surface area (Å²) in [7, 11) is 1.50. The van der Waals surface area contributed by atoms with Crippen molar-refractivity contribution < 1.29 is 28.9 Å². The number of benzene rings is 2. The molecule has 1 amide bonds. The summed E-state index contributed by atoms with van der Waals surface area (Å²) in [6.07, 6.45) is 0.442. The molecule has 4 rings (SSSR count). The molecule has 32 heavy (non-hydrogen) atoms. The minimum absolute atomic E-state index is 0.0607. The summed E-state index contributed by atoms with van der Waals surface area (Å²) in [6.45, 7) is 1.59. The first-order valence-corrected chi connectivity index (χ1v) is 9.77. The molecule has 0 bridgehead atoms. The van der Waals surface area contributed by atoms with Gasteiger partial charge in [0.15, 0.2) is 5.78 Å². The normalized spacial score (nSPS) is 19.4. The van der Waals surface area contributed by atoms with Gasteiger partial charge in [0, 0.05) is 25.1 Å². The number of likely N-dealkylation sites (tertiary alicyclic amines) is 1. The van der Waals surface area contributed by atoms with Crippen LogP contribution in [0.2, 0.25) is 0 Å². The number of nitrogens with zero attached hydrogens (tertiary/aromatic N) is 3. The van der Waals surface area contributed by atoms with Crippen LogP contribution in [0.15, 0.2) is 30.3 Å². The second-order valence-electron chi connectivity index (χ2n) is 7.88. The smallest absolute Gasteiger partial charge is 0.279 e. The Morgan fingerprint density at radius 3 is 2.41 bits per heavy atom. The van der Waals surface area contributed by atoms with Crippen LogP contribution in [0.4, 0.5) is 11.4 Å². The van der Waals surface area contributed by atoms with Gasteiger partial charge in [0.2, 0.25) is 0 Å². The van der Waals surface area contributed by atoms with E-state index in [9.17, 15) is 29.8 Å². The molecule has 1 unspecified atom stereocenters. The highest BCUT2D eigenvalue weighted by molar-refractivity contribution is 6.01. The van der Waals surface area contributed by atoms with Gasteiger partial charge >= 0.3 is 0 Å². The monoisotopic (exact) mass is 441 g/mol. The molecule has 2 aromatic carbocycles. The summed E-state index contributed by atoms with van der Waals surface area (Å²) >= 11 is 0. The van der Waals surface area contributed by atoms with Crippen LogP contribution >= 0.6 is 0 Å². The standard InChI is InChI=1S/C21H19N3O8/c1-12-16(23(27)28)7-13(8-17(12)24(29)30)20(26)22-6-5-21(11-22)10-18(25)15-9-14(31-2)3-4-19(15)32-21/h3-4,7-9H,5-6,10-11H2,1-2H3. The summed E-state index contributed by atoms with van der Waals surface area (Å²) in [5.74, 6) is 0.200. The first-order chi connectivity index (χ1) is 15.1. The molecular weight excluding hydrogens is 422 g/mol. The maximum Gasteiger partial charge on any atom is 0.279 e. The van der Waals surface area contributed by atoms with Crippen LogP contribution in [0.1, 0.15) is 39.1 Å². The largest absolute Gasteiger partial charge is 0.497 e. The highest BCUT2D eigenvalue weighted by atomic mass is 16.6. The van der Waals surface area contributed by atoms with Gasteiger partial charge in [-0.1, -0.05) is 0 Å². The molecule has 2 aromatic rings. The first kappa shape index (κ1) is 21.2. The molecule has 11 nitrogen and oxygen atoms in total. The van der Waals surface area contributed by atoms with Gasteiger partial charge in [0.05, 0.1) is 41.0 Å². The molecule has 11 heteroatoms. The van der Waals surface area contributed by atoms with E-state index in [1.165, 1.54) is 18.9 Å². The van der Waals surface area contributed by atoms with Crippen LogP contribution in [0.25, 0.3) is 0 Å². The van der Waals surface area contributed by atoms with Gasteiger partial charge in [-0.15, -0.1) is 0 Å². The van der Waals surface area contributed by atoms with Gasteiger partial charge < -0.3 is 14.4 Å². The molecule has 0 aliphatic carbocycles. The maximum absolute atomic E-state index is 13.1. The quantitative estimate of drug-likeness (QED) is 0.520. The number of nitro groups is 2. The van der Waals surface area contributed by atoms with Crippen molar-refractivity contribution in [1.29, 1.82) is 0 Å². The zero-order valence-electron chi connectivity index (χ0n) is 17.3. The Bertz CT molecular complexity index is 1140. The third kappa shape index (κ3) is 3.51. The second-order valence-corrected chi connectivity index (χ2v) is 7.88. The zero-order chi connectivity index (χ0) is 23.2. The van der Waals surface area contributed by atoms with E-state index in [1.807, 2.05) is 0 Å². The Labute approximate surface area is 181 Å². The van der Waals surface area contributed by atoms with Gasteiger partial charge in [-0.25, -0.2) is 0 Å². The SMILES string of the molecule is COc1ccc2c(c1)C(=O)CC1(CCN(C(=O)c3cc([N+](=O)[O-])c(C)c([N+](=O)[O-])c3)C1)O2. The molecule has 0 aromatic heterocycles. The van der Waals surface area contributed by atoms with E-state index in [-0.39, 0.29) is 36.4 Å². The summed E-state index contributed by atoms with van der Waals surface area (Å²) < 4.78 is 11.3. The Kier molecular flexibility index (Phi) is 5.03. The van der Waals surface area contributed by atoms with Crippen molar-refractivity contribution in [2.75, 3.05) is 20.2 Å². The molecule has 1 spiro atoms. The van der Waals surface area contributed by atoms with Gasteiger partial charge in [-0.05, 0) is 25.1 Å². The molecule has 0 saturated carbocycles. The molecule has 1 atom stereocenters. The predicted octanol–water partition coefficient (Wildman–Crippen LogP) is 3.07. The number of ether oxygens (including phenoxy) is 2. The molecule has 2 aliphatic heterocycles. The number of carbonyl (C=O) groups is 2. The highest BCUT2D eigenvalue weighted by Gasteiger charge is 2.47. The van der Waals surface area contributed by atoms with Crippen molar-refractivity contribution in [3.63, 3.8) is 0 Å². The van der Waals surface area contributed by atoms with Crippen LogP contribution in [0, 0.1) is 27.2 Å². The van der Waals surface area contributed by atoms with E-state index < -0.39 is 32.7 Å². The average molecular weight is 441 g/mol. The Morgan fingerprint density at radius 1 is 1.16 bits per heavy atom. The summed E-state index contributed by atoms with van der Waals surface area (Å²) in [5.41, 5.74) is -1.78. The van der Waals surface area contributed by atoms with E-state index in [0.29, 0.717) is 23.5 Å². The van der Waals surface area contributed by atoms with E-state index in [4.69, 9.17) is 9.47 Å². The molecule has 0 N–H and O–H groups in total. The lowest BCUT2D eigenvalue weighted by atomic mass is 9.89. The number of hydrogen-bond acceptors (Lipinski definition) is 8. The number of rotatable bonds is 4. The predicted molar refractivity (Wildman–Crippen MR) is 110 cm³/mol. The summed E-state index contributed by atoms with van der Waals surface area (Å²) in [4.78, 5) is 48.4. The van der Waals surface area contributed by atoms with E-state index in [0.717, 1.165) is 12.1 Å². The molecule has 0 radical (unpaired) electrons. The highest BCUT2D eigenvalue weighted by Crippen LogP contribution is 2.40. The van der Waals surface area contributed by atoms with E-state index in [2.05, 4.69) is 0 Å². The lowest BCUT2D eigenvalue weighted by molar-refractivity contribution is -0.395.